The number of rotatable bonds is 9. The van der Waals surface area contributed by atoms with Crippen LogP contribution in [-0.2, 0) is 19.2 Å². The molecule has 0 aromatic rings. The summed E-state index contributed by atoms with van der Waals surface area (Å²) in [7, 11) is 3.72. The van der Waals surface area contributed by atoms with E-state index in [9.17, 15) is 29.4 Å². The Morgan fingerprint density at radius 1 is 1.00 bits per heavy atom. The average molecular weight is 566 g/mol. The Morgan fingerprint density at radius 2 is 1.65 bits per heavy atom. The molecule has 0 spiro atoms. The summed E-state index contributed by atoms with van der Waals surface area (Å²) in [6, 6.07) is -2.68. The van der Waals surface area contributed by atoms with E-state index in [0.717, 1.165) is 32.2 Å². The van der Waals surface area contributed by atoms with Crippen LogP contribution >= 0.6 is 0 Å². The third-order valence-corrected chi connectivity index (χ3v) is 9.00. The van der Waals surface area contributed by atoms with E-state index in [1.165, 1.54) is 4.90 Å². The Morgan fingerprint density at radius 3 is 2.23 bits per heavy atom. The number of amides is 3. The average Bonchev–Trinajstić information content (AvgIpc) is 3.50. The number of piperidine rings is 1. The van der Waals surface area contributed by atoms with Crippen LogP contribution in [0.25, 0.3) is 0 Å². The summed E-state index contributed by atoms with van der Waals surface area (Å²) in [6.45, 7) is 12.0. The lowest BCUT2D eigenvalue weighted by molar-refractivity contribution is -0.150. The molecule has 0 bridgehead atoms. The van der Waals surface area contributed by atoms with Crippen molar-refractivity contribution in [2.45, 2.75) is 109 Å². The fraction of sp³-hybridized carbons (Fsp3) is 0.862. The van der Waals surface area contributed by atoms with E-state index < -0.39 is 35.6 Å². The van der Waals surface area contributed by atoms with Gasteiger partial charge >= 0.3 is 5.97 Å². The molecule has 0 aromatic carbocycles. The maximum atomic E-state index is 14.0. The van der Waals surface area contributed by atoms with Gasteiger partial charge in [-0.15, -0.1) is 0 Å². The lowest BCUT2D eigenvalue weighted by Gasteiger charge is -2.41. The number of carbonyl (C=O) groups is 4. The minimum atomic E-state index is -1.10. The van der Waals surface area contributed by atoms with Gasteiger partial charge in [-0.3, -0.25) is 24.2 Å². The largest absolute Gasteiger partial charge is 0.480 e. The molecule has 11 nitrogen and oxygen atoms in total. The quantitative estimate of drug-likeness (QED) is 0.377. The van der Waals surface area contributed by atoms with Gasteiger partial charge in [0.2, 0.25) is 17.7 Å². The topological polar surface area (TPSA) is 134 Å². The summed E-state index contributed by atoms with van der Waals surface area (Å²) in [5.74, 6) is -1.57. The first-order valence-electron chi connectivity index (χ1n) is 14.9. The normalized spacial score (nSPS) is 28.0. The van der Waals surface area contributed by atoms with E-state index in [-0.39, 0.29) is 48.7 Å². The highest BCUT2D eigenvalue weighted by molar-refractivity contribution is 5.90. The molecule has 3 heterocycles. The molecule has 3 amide bonds. The first kappa shape index (κ1) is 32.3. The molecule has 3 aliphatic rings. The first-order valence-corrected chi connectivity index (χ1v) is 14.9. The molecule has 0 radical (unpaired) electrons. The molecule has 0 aliphatic carbocycles. The molecule has 40 heavy (non-hydrogen) atoms. The molecule has 3 aliphatic heterocycles. The number of aliphatic hydroxyl groups excluding tert-OH is 1. The Kier molecular flexibility index (Phi) is 10.6. The molecule has 1 unspecified atom stereocenters. The smallest absolute Gasteiger partial charge is 0.326 e. The van der Waals surface area contributed by atoms with Crippen molar-refractivity contribution < 1.29 is 29.4 Å². The van der Waals surface area contributed by atoms with Crippen molar-refractivity contribution >= 4 is 23.7 Å². The number of β-amino-alcohol motifs (C(OH)–C–C–N with tert-alkyl or cyclic N) is 1. The Hall–Kier alpha value is -2.24. The fourth-order valence-electron chi connectivity index (χ4n) is 6.49. The van der Waals surface area contributed by atoms with E-state index >= 15 is 0 Å². The second-order valence-electron chi connectivity index (χ2n) is 13.4. The highest BCUT2D eigenvalue weighted by atomic mass is 16.4. The molecule has 0 aromatic heterocycles. The molecule has 3 saturated heterocycles. The van der Waals surface area contributed by atoms with Gasteiger partial charge in [0.15, 0.2) is 0 Å². The maximum absolute atomic E-state index is 14.0. The van der Waals surface area contributed by atoms with Crippen LogP contribution < -0.4 is 5.32 Å². The Balaban J connectivity index is 1.75. The van der Waals surface area contributed by atoms with Crippen molar-refractivity contribution in [2.24, 2.45) is 11.3 Å². The van der Waals surface area contributed by atoms with Gasteiger partial charge in [0.05, 0.1) is 18.2 Å². The van der Waals surface area contributed by atoms with Gasteiger partial charge in [0.25, 0.3) is 0 Å². The molecule has 3 rings (SSSR count). The highest BCUT2D eigenvalue weighted by Crippen LogP contribution is 2.28. The first-order chi connectivity index (χ1) is 18.6. The summed E-state index contributed by atoms with van der Waals surface area (Å²) in [4.78, 5) is 59.7. The summed E-state index contributed by atoms with van der Waals surface area (Å²) >= 11 is 0. The minimum absolute atomic E-state index is 0.0231. The zero-order valence-electron chi connectivity index (χ0n) is 25.4. The van der Waals surface area contributed by atoms with Crippen LogP contribution in [0.15, 0.2) is 0 Å². The van der Waals surface area contributed by atoms with Crippen LogP contribution in [0.3, 0.4) is 0 Å². The lowest BCUT2D eigenvalue weighted by Crippen LogP contribution is -2.61. The van der Waals surface area contributed by atoms with Crippen LogP contribution in [-0.4, -0.2) is 130 Å². The van der Waals surface area contributed by atoms with Gasteiger partial charge in [0, 0.05) is 32.6 Å². The van der Waals surface area contributed by atoms with E-state index in [2.05, 4.69) is 15.1 Å². The summed E-state index contributed by atoms with van der Waals surface area (Å²) in [5.41, 5.74) is -0.510. The predicted molar refractivity (Wildman–Crippen MR) is 151 cm³/mol. The number of carbonyl (C=O) groups excluding carboxylic acids is 3. The number of aliphatic carboxylic acids is 1. The Labute approximate surface area is 239 Å². The highest BCUT2D eigenvalue weighted by Gasteiger charge is 2.45. The van der Waals surface area contributed by atoms with Crippen molar-refractivity contribution in [3.63, 3.8) is 0 Å². The van der Waals surface area contributed by atoms with Crippen LogP contribution in [0.1, 0.15) is 73.1 Å². The molecular formula is C29H51N5O6. The zero-order valence-corrected chi connectivity index (χ0v) is 25.4. The maximum Gasteiger partial charge on any atom is 0.326 e. The molecule has 0 saturated carbocycles. The van der Waals surface area contributed by atoms with E-state index in [1.54, 1.807) is 11.9 Å². The monoisotopic (exact) mass is 565 g/mol. The van der Waals surface area contributed by atoms with Crippen LogP contribution in [0, 0.1) is 11.3 Å². The molecule has 228 valence electrons. The van der Waals surface area contributed by atoms with Crippen molar-refractivity contribution in [2.75, 3.05) is 40.3 Å². The summed E-state index contributed by atoms with van der Waals surface area (Å²) in [6.07, 6.45) is 3.43. The summed E-state index contributed by atoms with van der Waals surface area (Å²) < 4.78 is 0. The second kappa shape index (κ2) is 13.2. The number of nitrogens with one attached hydrogen (secondary N) is 1. The fourth-order valence-corrected chi connectivity index (χ4v) is 6.49. The number of aliphatic hydroxyl groups is 1. The number of likely N-dealkylation sites (N-methyl/N-ethyl adjacent to an activating group) is 2. The SMILES string of the molecule is CC(C)[C@@H](CN1CCC[C@H]1C(=O)N1C[C@H](O)C[C@H]1C(=O)O)N(C)C(=O)[C@@H](NC(=O)C1CCCCN1C)C(C)(C)C. The van der Waals surface area contributed by atoms with E-state index in [1.807, 2.05) is 41.7 Å². The third-order valence-electron chi connectivity index (χ3n) is 9.00. The van der Waals surface area contributed by atoms with Crippen LogP contribution in [0.4, 0.5) is 0 Å². The zero-order chi connectivity index (χ0) is 29.9. The van der Waals surface area contributed by atoms with Gasteiger partial charge in [-0.1, -0.05) is 41.0 Å². The standard InChI is InChI=1S/C29H51N5O6/c1-18(2)23(17-33-14-10-12-21(33)26(37)34-16-19(35)15-22(34)28(39)40)32(7)27(38)24(29(3,4)5)30-25(36)20-11-8-9-13-31(20)6/h18-24,35H,8-17H2,1-7H3,(H,30,36)(H,39,40)/t19-,20?,21+,22+,23-,24-/m1/s1. The van der Waals surface area contributed by atoms with Gasteiger partial charge in [-0.05, 0) is 57.2 Å². The number of hydrogen-bond donors (Lipinski definition) is 3. The number of hydrogen-bond acceptors (Lipinski definition) is 7. The molecular weight excluding hydrogens is 514 g/mol. The minimum Gasteiger partial charge on any atom is -0.480 e. The molecule has 3 fully saturated rings. The van der Waals surface area contributed by atoms with Gasteiger partial charge in [-0.2, -0.15) is 0 Å². The molecule has 3 N–H and O–H groups in total. The number of carboxylic acids is 1. The van der Waals surface area contributed by atoms with E-state index in [0.29, 0.717) is 19.5 Å². The van der Waals surface area contributed by atoms with E-state index in [4.69, 9.17) is 0 Å². The van der Waals surface area contributed by atoms with Crippen molar-refractivity contribution in [3.8, 4) is 0 Å². The van der Waals surface area contributed by atoms with Crippen molar-refractivity contribution in [3.05, 3.63) is 0 Å². The molecule has 6 atom stereocenters. The van der Waals surface area contributed by atoms with Crippen LogP contribution in [0.2, 0.25) is 0 Å². The summed E-state index contributed by atoms with van der Waals surface area (Å²) in [5, 5.41) is 22.7. The second-order valence-corrected chi connectivity index (χ2v) is 13.4. The van der Waals surface area contributed by atoms with Gasteiger partial charge in [-0.25, -0.2) is 4.79 Å². The van der Waals surface area contributed by atoms with Crippen molar-refractivity contribution in [1.82, 2.24) is 24.9 Å². The lowest BCUT2D eigenvalue weighted by atomic mass is 9.84. The van der Waals surface area contributed by atoms with Crippen LogP contribution in [0.5, 0.6) is 0 Å². The van der Waals surface area contributed by atoms with Gasteiger partial charge in [0.1, 0.15) is 12.1 Å². The number of likely N-dealkylation sites (tertiary alicyclic amines) is 3. The third kappa shape index (κ3) is 7.33. The van der Waals surface area contributed by atoms with Gasteiger partial charge < -0.3 is 25.3 Å². The number of carboxylic acid groups (broad SMARTS) is 1. The van der Waals surface area contributed by atoms with Crippen molar-refractivity contribution in [1.29, 1.82) is 0 Å². The predicted octanol–water partition coefficient (Wildman–Crippen LogP) is 0.995. The Bertz CT molecular complexity index is 936. The number of nitrogens with zero attached hydrogens (tertiary/aromatic N) is 4. The molecule has 11 heteroatoms.